The predicted octanol–water partition coefficient (Wildman–Crippen LogP) is 3.90. The van der Waals surface area contributed by atoms with Crippen LogP contribution in [0.25, 0.3) is 0 Å². The molecular weight excluding hydrogens is 420 g/mol. The minimum atomic E-state index is -0.530. The third-order valence-electron chi connectivity index (χ3n) is 11.0. The summed E-state index contributed by atoms with van der Waals surface area (Å²) in [5.41, 5.74) is -0.139. The molecule has 0 aromatic heterocycles. The van der Waals surface area contributed by atoms with Gasteiger partial charge in [-0.25, -0.2) is 0 Å². The molecule has 4 aliphatic rings. The summed E-state index contributed by atoms with van der Waals surface area (Å²) in [6, 6.07) is 0. The highest BCUT2D eigenvalue weighted by Gasteiger charge is 2.65. The van der Waals surface area contributed by atoms with Crippen LogP contribution in [0.15, 0.2) is 0 Å². The van der Waals surface area contributed by atoms with Crippen molar-refractivity contribution in [3.8, 4) is 0 Å². The molecule has 1 unspecified atom stereocenters. The van der Waals surface area contributed by atoms with Crippen LogP contribution in [0, 0.1) is 46.3 Å². The van der Waals surface area contributed by atoms with Crippen LogP contribution in [-0.4, -0.2) is 53.0 Å². The second kappa shape index (κ2) is 9.40. The van der Waals surface area contributed by atoms with Crippen LogP contribution in [0.4, 0.5) is 0 Å². The van der Waals surface area contributed by atoms with E-state index in [0.717, 1.165) is 51.4 Å². The summed E-state index contributed by atoms with van der Waals surface area (Å²) < 4.78 is 10.3. The van der Waals surface area contributed by atoms with Crippen molar-refractivity contribution in [1.82, 2.24) is 0 Å². The molecule has 12 atom stereocenters. The Balaban J connectivity index is 1.49. The van der Waals surface area contributed by atoms with Crippen LogP contribution in [-0.2, 0) is 14.3 Å². The summed E-state index contributed by atoms with van der Waals surface area (Å²) in [5, 5.41) is 33.3. The molecule has 0 amide bonds. The highest BCUT2D eigenvalue weighted by Crippen LogP contribution is 2.68. The number of methoxy groups -OCH3 is 1. The van der Waals surface area contributed by atoms with Crippen molar-refractivity contribution >= 4 is 5.97 Å². The van der Waals surface area contributed by atoms with Gasteiger partial charge in [0.2, 0.25) is 0 Å². The minimum absolute atomic E-state index is 0.0942. The average molecular weight is 467 g/mol. The smallest absolute Gasteiger partial charge is 0.308 e. The molecule has 4 rings (SSSR count). The number of aliphatic hydroxyl groups is 3. The molecule has 4 aliphatic carbocycles. The Kier molecular flexibility index (Phi) is 7.24. The van der Waals surface area contributed by atoms with Crippen molar-refractivity contribution in [2.45, 2.75) is 110 Å². The van der Waals surface area contributed by atoms with Crippen molar-refractivity contribution < 1.29 is 29.6 Å². The molecule has 0 aliphatic heterocycles. The lowest BCUT2D eigenvalue weighted by atomic mass is 9.43. The Morgan fingerprint density at radius 3 is 2.45 bits per heavy atom. The van der Waals surface area contributed by atoms with Gasteiger partial charge < -0.3 is 24.8 Å². The highest BCUT2D eigenvalue weighted by molar-refractivity contribution is 5.69. The summed E-state index contributed by atoms with van der Waals surface area (Å²) in [5.74, 6) is 1.57. The molecule has 0 saturated heterocycles. The van der Waals surface area contributed by atoms with E-state index in [-0.39, 0.29) is 34.9 Å². The third kappa shape index (κ3) is 4.28. The fraction of sp³-hybridized carbons (Fsp3) is 0.963. The molecule has 4 fully saturated rings. The zero-order chi connectivity index (χ0) is 24.1. The minimum Gasteiger partial charge on any atom is -0.436 e. The number of carbonyl (C=O) groups is 1. The standard InChI is InChI=1S/C27H46O6/c1-15(6-9-24(31)33-16(2)32-5)19-7-8-20-25-21(14-23(30)27(19,20)4)26(3)11-10-18(28)12-17(26)13-22(25)29/h15-23,25,28-30H,6-14H2,1-5H3/t15-,16?,17+,18-,19-,20+,21+,22-,23+,25+,26+,27-/m1/s1. The number of esters is 1. The van der Waals surface area contributed by atoms with Gasteiger partial charge in [-0.15, -0.1) is 0 Å². The van der Waals surface area contributed by atoms with Gasteiger partial charge in [-0.05, 0) is 105 Å². The fourth-order valence-corrected chi connectivity index (χ4v) is 8.97. The number of hydrogen-bond donors (Lipinski definition) is 3. The predicted molar refractivity (Wildman–Crippen MR) is 125 cm³/mol. The van der Waals surface area contributed by atoms with Gasteiger partial charge in [0.1, 0.15) is 0 Å². The Morgan fingerprint density at radius 1 is 1.03 bits per heavy atom. The molecule has 0 aromatic carbocycles. The molecule has 0 heterocycles. The van der Waals surface area contributed by atoms with E-state index in [1.807, 2.05) is 0 Å². The number of ether oxygens (including phenoxy) is 2. The van der Waals surface area contributed by atoms with E-state index in [1.54, 1.807) is 6.92 Å². The van der Waals surface area contributed by atoms with E-state index in [2.05, 4.69) is 20.8 Å². The van der Waals surface area contributed by atoms with E-state index in [1.165, 1.54) is 7.11 Å². The first kappa shape index (κ1) is 25.4. The molecule has 6 heteroatoms. The van der Waals surface area contributed by atoms with Crippen LogP contribution >= 0.6 is 0 Å². The Labute approximate surface area is 199 Å². The van der Waals surface area contributed by atoms with Crippen LogP contribution < -0.4 is 0 Å². The van der Waals surface area contributed by atoms with Gasteiger partial charge in [0.05, 0.1) is 18.3 Å². The lowest BCUT2D eigenvalue weighted by Crippen LogP contribution is -2.62. The molecule has 0 bridgehead atoms. The first-order valence-corrected chi connectivity index (χ1v) is 13.3. The second-order valence-corrected chi connectivity index (χ2v) is 12.3. The Morgan fingerprint density at radius 2 is 1.76 bits per heavy atom. The SMILES string of the molecule is COC(C)OC(=O)CC[C@@H](C)[C@H]1CC[C@H]2[C@@H]3[C@H](O)C[C@@H]4C[C@H](O)CC[C@]4(C)[C@H]3C[C@H](O)[C@]12C. The van der Waals surface area contributed by atoms with Gasteiger partial charge in [-0.1, -0.05) is 20.8 Å². The number of fused-ring (bicyclic) bond motifs is 5. The topological polar surface area (TPSA) is 96.2 Å². The first-order chi connectivity index (χ1) is 15.5. The Hall–Kier alpha value is -0.690. The van der Waals surface area contributed by atoms with Gasteiger partial charge in [-0.3, -0.25) is 4.79 Å². The summed E-state index contributed by atoms with van der Waals surface area (Å²) in [4.78, 5) is 12.2. The van der Waals surface area contributed by atoms with E-state index in [9.17, 15) is 20.1 Å². The maximum Gasteiger partial charge on any atom is 0.308 e. The molecule has 0 radical (unpaired) electrons. The molecule has 6 nitrogen and oxygen atoms in total. The van der Waals surface area contributed by atoms with E-state index >= 15 is 0 Å². The van der Waals surface area contributed by atoms with Crippen LogP contribution in [0.1, 0.15) is 85.5 Å². The maximum atomic E-state index is 12.2. The van der Waals surface area contributed by atoms with Crippen molar-refractivity contribution in [3.05, 3.63) is 0 Å². The summed E-state index contributed by atoms with van der Waals surface area (Å²) in [6.45, 7) is 8.54. The third-order valence-corrected chi connectivity index (χ3v) is 11.0. The van der Waals surface area contributed by atoms with Gasteiger partial charge in [-0.2, -0.15) is 0 Å². The van der Waals surface area contributed by atoms with Crippen LogP contribution in [0.5, 0.6) is 0 Å². The maximum absolute atomic E-state index is 12.2. The van der Waals surface area contributed by atoms with E-state index < -0.39 is 12.4 Å². The van der Waals surface area contributed by atoms with E-state index in [0.29, 0.717) is 36.0 Å². The van der Waals surface area contributed by atoms with Crippen molar-refractivity contribution in [2.24, 2.45) is 46.3 Å². The van der Waals surface area contributed by atoms with Gasteiger partial charge in [0, 0.05) is 13.5 Å². The lowest BCUT2D eigenvalue weighted by Gasteiger charge is -2.63. The first-order valence-electron chi connectivity index (χ1n) is 13.3. The molecular formula is C27H46O6. The average Bonchev–Trinajstić information content (AvgIpc) is 3.12. The zero-order valence-electron chi connectivity index (χ0n) is 21.2. The number of aliphatic hydroxyl groups excluding tert-OH is 3. The normalized spacial score (nSPS) is 48.8. The second-order valence-electron chi connectivity index (χ2n) is 12.3. The summed E-state index contributed by atoms with van der Waals surface area (Å²) in [7, 11) is 1.52. The summed E-state index contributed by atoms with van der Waals surface area (Å²) in [6.07, 6.45) is 5.78. The van der Waals surface area contributed by atoms with Crippen LogP contribution in [0.3, 0.4) is 0 Å². The van der Waals surface area contributed by atoms with Crippen molar-refractivity contribution in [3.63, 3.8) is 0 Å². The van der Waals surface area contributed by atoms with Gasteiger partial charge in [0.15, 0.2) is 6.29 Å². The molecule has 190 valence electrons. The van der Waals surface area contributed by atoms with Crippen molar-refractivity contribution in [2.75, 3.05) is 7.11 Å². The highest BCUT2D eigenvalue weighted by atomic mass is 16.7. The molecule has 3 N–H and O–H groups in total. The molecule has 0 aromatic rings. The quantitative estimate of drug-likeness (QED) is 0.406. The Bertz CT molecular complexity index is 713. The lowest BCUT2D eigenvalue weighted by molar-refractivity contribution is -0.207. The molecule has 33 heavy (non-hydrogen) atoms. The van der Waals surface area contributed by atoms with E-state index in [4.69, 9.17) is 9.47 Å². The molecule has 4 saturated carbocycles. The number of hydrogen-bond acceptors (Lipinski definition) is 6. The monoisotopic (exact) mass is 466 g/mol. The van der Waals surface area contributed by atoms with Gasteiger partial charge in [0.25, 0.3) is 0 Å². The molecule has 0 spiro atoms. The zero-order valence-corrected chi connectivity index (χ0v) is 21.2. The van der Waals surface area contributed by atoms with Gasteiger partial charge >= 0.3 is 5.97 Å². The van der Waals surface area contributed by atoms with Crippen molar-refractivity contribution in [1.29, 1.82) is 0 Å². The fourth-order valence-electron chi connectivity index (χ4n) is 8.97. The number of carbonyl (C=O) groups excluding carboxylic acids is 1. The number of rotatable bonds is 6. The largest absolute Gasteiger partial charge is 0.436 e. The van der Waals surface area contributed by atoms with Crippen LogP contribution in [0.2, 0.25) is 0 Å². The summed E-state index contributed by atoms with van der Waals surface area (Å²) >= 11 is 0.